The first-order valence-electron chi connectivity index (χ1n) is 6.81. The summed E-state index contributed by atoms with van der Waals surface area (Å²) >= 11 is 1.60. The normalized spacial score (nSPS) is 29.1. The smallest absolute Gasteiger partial charge is 0.255 e. The number of carbonyl (C=O) groups excluding carboxylic acids is 1. The Labute approximate surface area is 112 Å². The van der Waals surface area contributed by atoms with Crippen molar-refractivity contribution in [2.75, 3.05) is 20.1 Å². The molecule has 0 radical (unpaired) electrons. The molecule has 2 aliphatic heterocycles. The van der Waals surface area contributed by atoms with Crippen LogP contribution in [-0.2, 0) is 0 Å². The summed E-state index contributed by atoms with van der Waals surface area (Å²) in [5.74, 6) is 0.235. The highest BCUT2D eigenvalue weighted by molar-refractivity contribution is 7.08. The molecule has 2 fully saturated rings. The highest BCUT2D eigenvalue weighted by Gasteiger charge is 2.38. The number of carbonyl (C=O) groups is 1. The van der Waals surface area contributed by atoms with Gasteiger partial charge >= 0.3 is 0 Å². The van der Waals surface area contributed by atoms with Gasteiger partial charge in [-0.2, -0.15) is 11.3 Å². The summed E-state index contributed by atoms with van der Waals surface area (Å²) in [6.45, 7) is 2.12. The standard InChI is InChI=1S/C14H20N2OS/c1-15-7-2-4-12(15)13-5-3-8-16(13)14(17)11-6-9-18-10-11/h6,9-10,12-13H,2-5,7-8H2,1H3/t12-,13+/m0/s1. The van der Waals surface area contributed by atoms with Gasteiger partial charge in [0.15, 0.2) is 0 Å². The molecule has 0 bridgehead atoms. The molecule has 2 saturated heterocycles. The van der Waals surface area contributed by atoms with Crippen molar-refractivity contribution in [1.82, 2.24) is 9.80 Å². The van der Waals surface area contributed by atoms with Crippen molar-refractivity contribution in [3.05, 3.63) is 22.4 Å². The lowest BCUT2D eigenvalue weighted by Gasteiger charge is -2.33. The van der Waals surface area contributed by atoms with E-state index in [1.165, 1.54) is 25.8 Å². The molecule has 0 N–H and O–H groups in total. The number of nitrogens with zero attached hydrogens (tertiary/aromatic N) is 2. The average molecular weight is 264 g/mol. The summed E-state index contributed by atoms with van der Waals surface area (Å²) < 4.78 is 0. The lowest BCUT2D eigenvalue weighted by atomic mass is 10.0. The number of likely N-dealkylation sites (tertiary alicyclic amines) is 2. The highest BCUT2D eigenvalue weighted by atomic mass is 32.1. The molecule has 4 heteroatoms. The van der Waals surface area contributed by atoms with E-state index < -0.39 is 0 Å². The Kier molecular flexibility index (Phi) is 3.39. The third-order valence-electron chi connectivity index (χ3n) is 4.35. The topological polar surface area (TPSA) is 23.6 Å². The van der Waals surface area contributed by atoms with Gasteiger partial charge in [0, 0.05) is 24.0 Å². The van der Waals surface area contributed by atoms with E-state index in [1.54, 1.807) is 11.3 Å². The first-order valence-corrected chi connectivity index (χ1v) is 7.75. The molecule has 0 unspecified atom stereocenters. The van der Waals surface area contributed by atoms with Crippen LogP contribution in [0.5, 0.6) is 0 Å². The van der Waals surface area contributed by atoms with Crippen LogP contribution in [0.3, 0.4) is 0 Å². The summed E-state index contributed by atoms with van der Waals surface area (Å²) in [6.07, 6.45) is 4.85. The zero-order chi connectivity index (χ0) is 12.5. The van der Waals surface area contributed by atoms with Crippen molar-refractivity contribution in [3.63, 3.8) is 0 Å². The molecule has 0 aliphatic carbocycles. The van der Waals surface area contributed by atoms with E-state index in [1.807, 2.05) is 16.8 Å². The minimum Gasteiger partial charge on any atom is -0.334 e. The Morgan fingerprint density at radius 2 is 2.06 bits per heavy atom. The molecule has 2 atom stereocenters. The van der Waals surface area contributed by atoms with Gasteiger partial charge in [-0.05, 0) is 50.7 Å². The van der Waals surface area contributed by atoms with E-state index >= 15 is 0 Å². The number of thiophene rings is 1. The number of rotatable bonds is 2. The number of hydrogen-bond donors (Lipinski definition) is 0. The van der Waals surface area contributed by atoms with Crippen LogP contribution in [0.2, 0.25) is 0 Å². The van der Waals surface area contributed by atoms with Crippen molar-refractivity contribution < 1.29 is 4.79 Å². The lowest BCUT2D eigenvalue weighted by molar-refractivity contribution is 0.0665. The van der Waals surface area contributed by atoms with Crippen molar-refractivity contribution in [2.24, 2.45) is 0 Å². The Bertz CT molecular complexity index is 417. The third-order valence-corrected chi connectivity index (χ3v) is 5.03. The second-order valence-electron chi connectivity index (χ2n) is 5.41. The van der Waals surface area contributed by atoms with E-state index in [9.17, 15) is 4.79 Å². The quantitative estimate of drug-likeness (QED) is 0.819. The summed E-state index contributed by atoms with van der Waals surface area (Å²) in [5.41, 5.74) is 0.868. The first-order chi connectivity index (χ1) is 8.77. The third kappa shape index (κ3) is 2.08. The van der Waals surface area contributed by atoms with Crippen molar-refractivity contribution >= 4 is 17.2 Å². The Morgan fingerprint density at radius 3 is 2.72 bits per heavy atom. The van der Waals surface area contributed by atoms with Crippen LogP contribution in [0.1, 0.15) is 36.0 Å². The fourth-order valence-electron chi connectivity index (χ4n) is 3.42. The van der Waals surface area contributed by atoms with Crippen molar-refractivity contribution in [3.8, 4) is 0 Å². The summed E-state index contributed by atoms with van der Waals surface area (Å²) in [4.78, 5) is 17.0. The minimum atomic E-state index is 0.235. The van der Waals surface area contributed by atoms with Gasteiger partial charge < -0.3 is 9.80 Å². The van der Waals surface area contributed by atoms with Gasteiger partial charge in [-0.15, -0.1) is 0 Å². The van der Waals surface area contributed by atoms with Gasteiger partial charge in [0.05, 0.1) is 5.56 Å². The minimum absolute atomic E-state index is 0.235. The molecule has 0 saturated carbocycles. The molecule has 0 spiro atoms. The van der Waals surface area contributed by atoms with E-state index in [2.05, 4.69) is 16.8 Å². The van der Waals surface area contributed by atoms with Gasteiger partial charge in [0.2, 0.25) is 0 Å². The number of likely N-dealkylation sites (N-methyl/N-ethyl adjacent to an activating group) is 1. The molecule has 98 valence electrons. The molecule has 3 nitrogen and oxygen atoms in total. The fraction of sp³-hybridized carbons (Fsp3) is 0.643. The monoisotopic (exact) mass is 264 g/mol. The Hall–Kier alpha value is -0.870. The maximum atomic E-state index is 12.5. The van der Waals surface area contributed by atoms with Crippen LogP contribution in [0.4, 0.5) is 0 Å². The van der Waals surface area contributed by atoms with Crippen LogP contribution in [0.25, 0.3) is 0 Å². The van der Waals surface area contributed by atoms with Gasteiger partial charge in [-0.25, -0.2) is 0 Å². The molecule has 18 heavy (non-hydrogen) atoms. The Balaban J connectivity index is 1.77. The number of hydrogen-bond acceptors (Lipinski definition) is 3. The largest absolute Gasteiger partial charge is 0.334 e. The molecule has 1 amide bonds. The molecule has 0 aromatic carbocycles. The average Bonchev–Trinajstić information content (AvgIpc) is 3.09. The van der Waals surface area contributed by atoms with E-state index in [0.29, 0.717) is 12.1 Å². The van der Waals surface area contributed by atoms with Crippen molar-refractivity contribution in [1.29, 1.82) is 0 Å². The molecule has 1 aromatic rings. The van der Waals surface area contributed by atoms with Gasteiger partial charge in [-0.3, -0.25) is 4.79 Å². The molecular formula is C14H20N2OS. The second-order valence-corrected chi connectivity index (χ2v) is 6.19. The van der Waals surface area contributed by atoms with Crippen LogP contribution < -0.4 is 0 Å². The van der Waals surface area contributed by atoms with Crippen LogP contribution in [0, 0.1) is 0 Å². The molecule has 3 heterocycles. The molecule has 2 aliphatic rings. The summed E-state index contributed by atoms with van der Waals surface area (Å²) in [6, 6.07) is 2.96. The SMILES string of the molecule is CN1CCC[C@H]1[C@H]1CCCN1C(=O)c1ccsc1. The van der Waals surface area contributed by atoms with Gasteiger partial charge in [0.1, 0.15) is 0 Å². The fourth-order valence-corrected chi connectivity index (χ4v) is 4.05. The number of amides is 1. The van der Waals surface area contributed by atoms with E-state index in [-0.39, 0.29) is 5.91 Å². The second kappa shape index (κ2) is 5.02. The van der Waals surface area contributed by atoms with E-state index in [4.69, 9.17) is 0 Å². The maximum absolute atomic E-state index is 12.5. The van der Waals surface area contributed by atoms with Crippen molar-refractivity contribution in [2.45, 2.75) is 37.8 Å². The lowest BCUT2D eigenvalue weighted by Crippen LogP contribution is -2.47. The summed E-state index contributed by atoms with van der Waals surface area (Å²) in [5, 5.41) is 3.95. The first kappa shape index (κ1) is 12.2. The highest BCUT2D eigenvalue weighted by Crippen LogP contribution is 2.30. The predicted molar refractivity (Wildman–Crippen MR) is 74.0 cm³/mol. The molecule has 3 rings (SSSR count). The van der Waals surface area contributed by atoms with Crippen LogP contribution in [0.15, 0.2) is 16.8 Å². The molecular weight excluding hydrogens is 244 g/mol. The predicted octanol–water partition coefficient (Wildman–Crippen LogP) is 2.45. The maximum Gasteiger partial charge on any atom is 0.255 e. The van der Waals surface area contributed by atoms with Gasteiger partial charge in [0.25, 0.3) is 5.91 Å². The van der Waals surface area contributed by atoms with E-state index in [0.717, 1.165) is 18.5 Å². The van der Waals surface area contributed by atoms with Gasteiger partial charge in [-0.1, -0.05) is 0 Å². The zero-order valence-electron chi connectivity index (χ0n) is 10.8. The molecule has 1 aromatic heterocycles. The Morgan fingerprint density at radius 1 is 1.28 bits per heavy atom. The zero-order valence-corrected chi connectivity index (χ0v) is 11.7. The summed E-state index contributed by atoms with van der Waals surface area (Å²) in [7, 11) is 2.20. The van der Waals surface area contributed by atoms with Crippen LogP contribution >= 0.6 is 11.3 Å². The van der Waals surface area contributed by atoms with Crippen LogP contribution in [-0.4, -0.2) is 47.9 Å².